The molecule has 1 unspecified atom stereocenters. The van der Waals surface area contributed by atoms with Crippen molar-refractivity contribution in [3.05, 3.63) is 101 Å². The number of hydrogen-bond acceptors (Lipinski definition) is 11. The predicted molar refractivity (Wildman–Crippen MR) is 188 cm³/mol. The van der Waals surface area contributed by atoms with E-state index in [4.69, 9.17) is 58.2 Å². The van der Waals surface area contributed by atoms with Crippen LogP contribution in [0.25, 0.3) is 5.69 Å². The van der Waals surface area contributed by atoms with E-state index in [0.717, 1.165) is 35.0 Å². The van der Waals surface area contributed by atoms with Crippen molar-refractivity contribution < 1.29 is 51.0 Å². The van der Waals surface area contributed by atoms with Crippen molar-refractivity contribution in [1.29, 1.82) is 0 Å². The van der Waals surface area contributed by atoms with Crippen molar-refractivity contribution in [1.82, 2.24) is 9.78 Å². The molecule has 0 aliphatic rings. The SMILES string of the molecule is CC(C)Oc1cc(-n2nc(C(C)(C)C)oc2=O)c(Cl)cc1Cl.CCOC(=O)C(C)OC(=O)c1cc(Oc2ccc(C(F)(F)F)cc2Cl)ccc1[N+](=O)[O-]. The predicted octanol–water partition coefficient (Wildman–Crippen LogP) is 9.38. The summed E-state index contributed by atoms with van der Waals surface area (Å²) in [6, 6.07) is 8.48. The molecule has 19 heteroatoms. The Morgan fingerprint density at radius 2 is 1.60 bits per heavy atom. The van der Waals surface area contributed by atoms with Gasteiger partial charge in [0, 0.05) is 23.6 Å². The molecule has 13 nitrogen and oxygen atoms in total. The third kappa shape index (κ3) is 11.3. The summed E-state index contributed by atoms with van der Waals surface area (Å²) in [6.07, 6.45) is -6.01. The summed E-state index contributed by atoms with van der Waals surface area (Å²) >= 11 is 18.1. The summed E-state index contributed by atoms with van der Waals surface area (Å²) < 4.78 is 65.2. The minimum atomic E-state index is -4.61. The highest BCUT2D eigenvalue weighted by molar-refractivity contribution is 6.36. The van der Waals surface area contributed by atoms with Crippen molar-refractivity contribution >= 4 is 52.4 Å². The van der Waals surface area contributed by atoms with Gasteiger partial charge in [-0.1, -0.05) is 55.6 Å². The van der Waals surface area contributed by atoms with Crippen LogP contribution < -0.4 is 15.2 Å². The Kier molecular flexibility index (Phi) is 13.9. The second kappa shape index (κ2) is 17.4. The Morgan fingerprint density at radius 3 is 2.13 bits per heavy atom. The van der Waals surface area contributed by atoms with E-state index < -0.39 is 51.7 Å². The molecule has 1 aromatic heterocycles. The van der Waals surface area contributed by atoms with E-state index in [9.17, 15) is 37.7 Å². The minimum absolute atomic E-state index is 0.0398. The summed E-state index contributed by atoms with van der Waals surface area (Å²) in [6.45, 7) is 12.3. The number of ether oxygens (including phenoxy) is 4. The molecule has 0 bridgehead atoms. The Morgan fingerprint density at radius 1 is 0.962 bits per heavy atom. The first-order chi connectivity index (χ1) is 24.5. The molecular weight excluding hydrogens is 774 g/mol. The quantitative estimate of drug-likeness (QED) is 0.0853. The molecule has 286 valence electrons. The van der Waals surface area contributed by atoms with E-state index in [1.165, 1.54) is 13.0 Å². The Balaban J connectivity index is 0.000000302. The molecule has 0 aliphatic carbocycles. The van der Waals surface area contributed by atoms with Crippen molar-refractivity contribution in [2.75, 3.05) is 6.61 Å². The fourth-order valence-electron chi connectivity index (χ4n) is 4.08. The molecule has 0 N–H and O–H groups in total. The van der Waals surface area contributed by atoms with Crippen LogP contribution in [0.1, 0.15) is 70.3 Å². The fourth-order valence-corrected chi connectivity index (χ4v) is 4.81. The van der Waals surface area contributed by atoms with E-state index in [2.05, 4.69) is 5.10 Å². The number of hydrogen-bond donors (Lipinski definition) is 0. The number of alkyl halides is 3. The van der Waals surface area contributed by atoms with E-state index in [1.54, 1.807) is 13.0 Å². The molecule has 53 heavy (non-hydrogen) atoms. The Bertz CT molecular complexity index is 2040. The van der Waals surface area contributed by atoms with Crippen molar-refractivity contribution in [3.63, 3.8) is 0 Å². The molecule has 1 atom stereocenters. The number of nitro benzene ring substituents is 1. The molecule has 3 aromatic carbocycles. The van der Waals surface area contributed by atoms with Gasteiger partial charge in [-0.15, -0.1) is 5.10 Å². The van der Waals surface area contributed by atoms with Gasteiger partial charge in [0.15, 0.2) is 6.10 Å². The molecule has 0 aliphatic heterocycles. The second-order valence-electron chi connectivity index (χ2n) is 12.2. The molecule has 0 spiro atoms. The summed E-state index contributed by atoms with van der Waals surface area (Å²) in [5.74, 6) is -2.20. The van der Waals surface area contributed by atoms with Crippen LogP contribution in [0.5, 0.6) is 17.2 Å². The maximum Gasteiger partial charge on any atom is 0.442 e. The topological polar surface area (TPSA) is 162 Å². The highest BCUT2D eigenvalue weighted by atomic mass is 35.5. The number of aromatic nitrogens is 2. The van der Waals surface area contributed by atoms with Gasteiger partial charge in [0.25, 0.3) is 5.69 Å². The number of carbonyl (C=O) groups is 2. The lowest BCUT2D eigenvalue weighted by Crippen LogP contribution is -2.26. The fraction of sp³-hybridized carbons (Fsp3) is 0.353. The average molecular weight is 807 g/mol. The lowest BCUT2D eigenvalue weighted by molar-refractivity contribution is -0.385. The van der Waals surface area contributed by atoms with E-state index in [1.807, 2.05) is 34.6 Å². The van der Waals surface area contributed by atoms with Crippen molar-refractivity contribution in [2.45, 2.75) is 72.3 Å². The molecule has 1 heterocycles. The standard InChI is InChI=1S/C19H15ClF3NO7.C15H18Cl2N2O3/c1-3-29-17(25)10(2)30-18(26)13-9-12(5-6-15(13)24(27)28)31-16-7-4-11(8-14(16)20)19(21,22)23;1-8(2)21-12-7-11(9(16)6-10(12)17)19-14(20)22-13(18-19)15(3,4)5/h4-10H,3H2,1-2H3;6-8H,1-5H3. The molecule has 4 aromatic rings. The molecule has 0 saturated heterocycles. The summed E-state index contributed by atoms with van der Waals surface area (Å²) in [5.41, 5.74) is -2.19. The smallest absolute Gasteiger partial charge is 0.442 e. The lowest BCUT2D eigenvalue weighted by atomic mass is 9.97. The number of nitrogens with zero attached hydrogens (tertiary/aromatic N) is 3. The van der Waals surface area contributed by atoms with Gasteiger partial charge < -0.3 is 23.4 Å². The van der Waals surface area contributed by atoms with Crippen LogP contribution in [-0.4, -0.2) is 45.5 Å². The summed E-state index contributed by atoms with van der Waals surface area (Å²) in [4.78, 5) is 46.4. The first-order valence-corrected chi connectivity index (χ1v) is 16.6. The summed E-state index contributed by atoms with van der Waals surface area (Å²) in [7, 11) is 0. The number of halogens is 6. The third-order valence-electron chi connectivity index (χ3n) is 6.56. The zero-order chi connectivity index (χ0) is 40.0. The highest BCUT2D eigenvalue weighted by Gasteiger charge is 2.32. The molecule has 0 saturated carbocycles. The van der Waals surface area contributed by atoms with Gasteiger partial charge in [-0.3, -0.25) is 10.1 Å². The van der Waals surface area contributed by atoms with E-state index in [0.29, 0.717) is 28.4 Å². The van der Waals surface area contributed by atoms with Crippen LogP contribution in [0.3, 0.4) is 0 Å². The maximum absolute atomic E-state index is 12.8. The molecule has 4 rings (SSSR count). The monoisotopic (exact) mass is 805 g/mol. The number of rotatable bonds is 10. The average Bonchev–Trinajstić information content (AvgIpc) is 3.44. The van der Waals surface area contributed by atoms with Gasteiger partial charge in [0.05, 0.1) is 44.0 Å². The van der Waals surface area contributed by atoms with Crippen LogP contribution >= 0.6 is 34.8 Å². The normalized spacial score (nSPS) is 12.0. The molecule has 0 fully saturated rings. The number of carbonyl (C=O) groups excluding carboxylic acids is 2. The van der Waals surface area contributed by atoms with E-state index >= 15 is 0 Å². The van der Waals surface area contributed by atoms with Crippen LogP contribution in [0.2, 0.25) is 15.1 Å². The zero-order valence-electron chi connectivity index (χ0n) is 29.2. The second-order valence-corrected chi connectivity index (χ2v) is 13.4. The Labute approximate surface area is 315 Å². The third-order valence-corrected chi connectivity index (χ3v) is 7.45. The van der Waals surface area contributed by atoms with Crippen LogP contribution in [0.4, 0.5) is 18.9 Å². The van der Waals surface area contributed by atoms with Gasteiger partial charge in [-0.25, -0.2) is 14.4 Å². The van der Waals surface area contributed by atoms with Gasteiger partial charge in [0.2, 0.25) is 5.89 Å². The zero-order valence-corrected chi connectivity index (χ0v) is 31.4. The first-order valence-electron chi connectivity index (χ1n) is 15.5. The van der Waals surface area contributed by atoms with Crippen molar-refractivity contribution in [2.24, 2.45) is 0 Å². The van der Waals surface area contributed by atoms with E-state index in [-0.39, 0.29) is 39.7 Å². The first kappa shape index (κ1) is 42.6. The minimum Gasteiger partial charge on any atom is -0.489 e. The van der Waals surface area contributed by atoms with Gasteiger partial charge in [-0.2, -0.15) is 17.9 Å². The number of esters is 2. The van der Waals surface area contributed by atoms with Gasteiger partial charge >= 0.3 is 23.9 Å². The lowest BCUT2D eigenvalue weighted by Gasteiger charge is -2.13. The summed E-state index contributed by atoms with van der Waals surface area (Å²) in [5, 5.41) is 15.7. The largest absolute Gasteiger partial charge is 0.489 e. The Hall–Kier alpha value is -4.80. The molecule has 0 radical (unpaired) electrons. The number of benzene rings is 3. The van der Waals surface area contributed by atoms with Crippen LogP contribution in [-0.2, 0) is 25.9 Å². The van der Waals surface area contributed by atoms with Crippen LogP contribution in [0, 0.1) is 10.1 Å². The van der Waals surface area contributed by atoms with Crippen molar-refractivity contribution in [3.8, 4) is 22.9 Å². The number of nitro groups is 1. The molecule has 0 amide bonds. The highest BCUT2D eigenvalue weighted by Crippen LogP contribution is 2.38. The molecular formula is C34H33Cl3F3N3O10. The van der Waals surface area contributed by atoms with Gasteiger partial charge in [0.1, 0.15) is 22.8 Å². The van der Waals surface area contributed by atoms with Gasteiger partial charge in [-0.05, 0) is 58.0 Å². The maximum atomic E-state index is 12.8. The van der Waals surface area contributed by atoms with Crippen LogP contribution in [0.15, 0.2) is 57.7 Å².